The number of nitro groups is 1. The predicted octanol–water partition coefficient (Wildman–Crippen LogP) is 4.95. The first-order valence-electron chi connectivity index (χ1n) is 9.44. The van der Waals surface area contributed by atoms with Crippen molar-refractivity contribution in [2.75, 3.05) is 4.90 Å². The number of hydrogen-bond donors (Lipinski definition) is 1. The van der Waals surface area contributed by atoms with Crippen molar-refractivity contribution in [3.05, 3.63) is 90.9 Å². The number of hydrogen-bond acceptors (Lipinski definition) is 7. The summed E-state index contributed by atoms with van der Waals surface area (Å²) in [5, 5.41) is 23.1. The van der Waals surface area contributed by atoms with E-state index >= 15 is 0 Å². The summed E-state index contributed by atoms with van der Waals surface area (Å²) >= 11 is 7.15. The average Bonchev–Trinajstić information content (AvgIpc) is 3.23. The third kappa shape index (κ3) is 3.65. The number of thiazole rings is 1. The topological polar surface area (TPSA) is 114 Å². The summed E-state index contributed by atoms with van der Waals surface area (Å²) in [6, 6.07) is 10.7. The van der Waals surface area contributed by atoms with Gasteiger partial charge in [-0.05, 0) is 43.7 Å². The molecule has 0 radical (unpaired) electrons. The maximum absolute atomic E-state index is 13.1. The number of halogens is 1. The zero-order chi connectivity index (χ0) is 23.2. The van der Waals surface area contributed by atoms with Gasteiger partial charge in [-0.3, -0.25) is 24.6 Å². The van der Waals surface area contributed by atoms with Gasteiger partial charge < -0.3 is 5.11 Å². The van der Waals surface area contributed by atoms with Crippen LogP contribution in [0.3, 0.4) is 0 Å². The molecule has 10 heteroatoms. The maximum atomic E-state index is 13.1. The Hall–Kier alpha value is -3.56. The second-order valence-corrected chi connectivity index (χ2v) is 8.78. The Morgan fingerprint density at radius 3 is 2.47 bits per heavy atom. The van der Waals surface area contributed by atoms with E-state index in [0.717, 1.165) is 4.88 Å². The molecular weight excluding hydrogens is 454 g/mol. The van der Waals surface area contributed by atoms with Crippen LogP contribution in [-0.2, 0) is 9.59 Å². The van der Waals surface area contributed by atoms with Crippen molar-refractivity contribution < 1.29 is 19.6 Å². The Balaban J connectivity index is 1.97. The van der Waals surface area contributed by atoms with Crippen LogP contribution in [0.25, 0.3) is 5.76 Å². The van der Waals surface area contributed by atoms with Gasteiger partial charge >= 0.3 is 5.91 Å². The number of non-ortho nitro benzene ring substituents is 1. The number of ketones is 1. The third-order valence-corrected chi connectivity index (χ3v) is 6.51. The molecule has 4 rings (SSSR count). The fourth-order valence-corrected chi connectivity index (χ4v) is 4.54. The van der Waals surface area contributed by atoms with E-state index in [-0.39, 0.29) is 22.0 Å². The number of amides is 1. The normalized spacial score (nSPS) is 17.7. The van der Waals surface area contributed by atoms with Gasteiger partial charge in [-0.1, -0.05) is 23.7 Å². The number of rotatable bonds is 4. The first kappa shape index (κ1) is 21.7. The molecule has 162 valence electrons. The number of aromatic nitrogens is 1. The van der Waals surface area contributed by atoms with Crippen molar-refractivity contribution in [1.29, 1.82) is 0 Å². The van der Waals surface area contributed by atoms with Crippen molar-refractivity contribution in [2.45, 2.75) is 19.9 Å². The number of Topliss-reactive ketones (excluding diaryl/α,β-unsaturated/α-hetero) is 1. The molecule has 2 aromatic carbocycles. The molecule has 1 amide bonds. The number of aliphatic hydroxyl groups excluding tert-OH is 1. The minimum absolute atomic E-state index is 0.177. The van der Waals surface area contributed by atoms with E-state index in [4.69, 9.17) is 11.6 Å². The highest BCUT2D eigenvalue weighted by atomic mass is 35.5. The summed E-state index contributed by atoms with van der Waals surface area (Å²) < 4.78 is 0. The lowest BCUT2D eigenvalue weighted by Crippen LogP contribution is -2.29. The molecule has 0 aliphatic carbocycles. The standard InChI is InChI=1S/C22H16ClN3O5S/c1-11-12(2)32-22(24-11)25-18(14-4-3-5-16(10-14)26(30)31)17(20(28)21(25)29)19(27)13-6-8-15(23)9-7-13/h3-10,18,27H,1-2H3/t18-/m1/s1. The molecule has 8 nitrogen and oxygen atoms in total. The monoisotopic (exact) mass is 469 g/mol. The minimum Gasteiger partial charge on any atom is -0.507 e. The molecular formula is C22H16ClN3O5S. The van der Waals surface area contributed by atoms with E-state index in [9.17, 15) is 24.8 Å². The van der Waals surface area contributed by atoms with Crippen LogP contribution in [-0.4, -0.2) is 26.7 Å². The Labute approximate surface area is 191 Å². The predicted molar refractivity (Wildman–Crippen MR) is 121 cm³/mol. The molecule has 0 spiro atoms. The Morgan fingerprint density at radius 2 is 1.88 bits per heavy atom. The first-order chi connectivity index (χ1) is 15.2. The number of nitro benzene ring substituents is 1. The van der Waals surface area contributed by atoms with Crippen LogP contribution in [0.5, 0.6) is 0 Å². The summed E-state index contributed by atoms with van der Waals surface area (Å²) in [5.74, 6) is -2.17. The van der Waals surface area contributed by atoms with Crippen molar-refractivity contribution >= 4 is 51.2 Å². The van der Waals surface area contributed by atoms with Crippen LogP contribution in [0.1, 0.15) is 27.7 Å². The van der Waals surface area contributed by atoms with Crippen molar-refractivity contribution in [3.8, 4) is 0 Å². The molecule has 1 aliphatic heterocycles. The lowest BCUT2D eigenvalue weighted by Gasteiger charge is -2.22. The smallest absolute Gasteiger partial charge is 0.301 e. The van der Waals surface area contributed by atoms with Crippen LogP contribution in [0.2, 0.25) is 5.02 Å². The van der Waals surface area contributed by atoms with E-state index in [2.05, 4.69) is 4.98 Å². The quantitative estimate of drug-likeness (QED) is 0.190. The Morgan fingerprint density at radius 1 is 1.19 bits per heavy atom. The molecule has 1 saturated heterocycles. The number of carbonyl (C=O) groups excluding carboxylic acids is 2. The molecule has 32 heavy (non-hydrogen) atoms. The molecule has 1 fully saturated rings. The second kappa shape index (κ2) is 8.18. The van der Waals surface area contributed by atoms with Gasteiger partial charge in [0.1, 0.15) is 5.76 Å². The van der Waals surface area contributed by atoms with Crippen LogP contribution in [0.4, 0.5) is 10.8 Å². The van der Waals surface area contributed by atoms with E-state index in [1.807, 2.05) is 6.92 Å². The molecule has 0 unspecified atom stereocenters. The number of anilines is 1. The van der Waals surface area contributed by atoms with E-state index in [1.54, 1.807) is 25.1 Å². The molecule has 1 aromatic heterocycles. The number of benzene rings is 2. The van der Waals surface area contributed by atoms with Crippen LogP contribution >= 0.6 is 22.9 Å². The van der Waals surface area contributed by atoms with E-state index in [1.165, 1.54) is 46.6 Å². The van der Waals surface area contributed by atoms with Gasteiger partial charge in [-0.2, -0.15) is 0 Å². The van der Waals surface area contributed by atoms with Gasteiger partial charge in [0.05, 0.1) is 22.2 Å². The highest BCUT2D eigenvalue weighted by molar-refractivity contribution is 7.16. The molecule has 1 aliphatic rings. The Kier molecular flexibility index (Phi) is 5.53. The summed E-state index contributed by atoms with van der Waals surface area (Å²) in [6.45, 7) is 3.62. The van der Waals surface area contributed by atoms with Gasteiger partial charge in [0.2, 0.25) is 0 Å². The van der Waals surface area contributed by atoms with Crippen LogP contribution in [0, 0.1) is 24.0 Å². The zero-order valence-electron chi connectivity index (χ0n) is 16.9. The SMILES string of the molecule is Cc1nc(N2C(=O)C(=O)C(=C(O)c3ccc(Cl)cc3)[C@H]2c2cccc([N+](=O)[O-])c2)sc1C. The number of aliphatic hydroxyl groups is 1. The van der Waals surface area contributed by atoms with Crippen LogP contribution < -0.4 is 4.90 Å². The van der Waals surface area contributed by atoms with Gasteiger partial charge in [-0.15, -0.1) is 11.3 Å². The van der Waals surface area contributed by atoms with Crippen molar-refractivity contribution in [1.82, 2.24) is 4.98 Å². The largest absolute Gasteiger partial charge is 0.507 e. The second-order valence-electron chi connectivity index (χ2n) is 7.17. The lowest BCUT2D eigenvalue weighted by molar-refractivity contribution is -0.384. The van der Waals surface area contributed by atoms with Crippen LogP contribution in [0.15, 0.2) is 54.1 Å². The summed E-state index contributed by atoms with van der Waals surface area (Å²) in [5.41, 5.74) is 0.908. The molecule has 2 heterocycles. The molecule has 1 N–H and O–H groups in total. The molecule has 0 saturated carbocycles. The van der Waals surface area contributed by atoms with Gasteiger partial charge in [0.25, 0.3) is 11.5 Å². The van der Waals surface area contributed by atoms with Gasteiger partial charge in [-0.25, -0.2) is 4.98 Å². The summed E-state index contributed by atoms with van der Waals surface area (Å²) in [7, 11) is 0. The van der Waals surface area contributed by atoms with Crippen molar-refractivity contribution in [3.63, 3.8) is 0 Å². The first-order valence-corrected chi connectivity index (χ1v) is 10.6. The van der Waals surface area contributed by atoms with Crippen molar-refractivity contribution in [2.24, 2.45) is 0 Å². The number of nitrogens with zero attached hydrogens (tertiary/aromatic N) is 3. The third-order valence-electron chi connectivity index (χ3n) is 5.18. The minimum atomic E-state index is -1.09. The Bertz CT molecular complexity index is 1280. The zero-order valence-corrected chi connectivity index (χ0v) is 18.5. The molecule has 1 atom stereocenters. The molecule has 3 aromatic rings. The fraction of sp³-hybridized carbons (Fsp3) is 0.136. The highest BCUT2D eigenvalue weighted by Crippen LogP contribution is 2.44. The van der Waals surface area contributed by atoms with E-state index < -0.39 is 28.4 Å². The average molecular weight is 470 g/mol. The van der Waals surface area contributed by atoms with Gasteiger partial charge in [0.15, 0.2) is 5.13 Å². The van der Waals surface area contributed by atoms with E-state index in [0.29, 0.717) is 16.3 Å². The van der Waals surface area contributed by atoms with Gasteiger partial charge in [0, 0.05) is 27.6 Å². The highest BCUT2D eigenvalue weighted by Gasteiger charge is 2.48. The molecule has 0 bridgehead atoms. The maximum Gasteiger partial charge on any atom is 0.301 e. The fourth-order valence-electron chi connectivity index (χ4n) is 3.48. The lowest BCUT2D eigenvalue weighted by atomic mass is 9.95. The number of carbonyl (C=O) groups is 2. The summed E-state index contributed by atoms with van der Waals surface area (Å²) in [6.07, 6.45) is 0. The number of aryl methyl sites for hydroxylation is 2. The summed E-state index contributed by atoms with van der Waals surface area (Å²) in [4.78, 5) is 43.4.